The molecular formula is C12H24N6S2. The molecule has 4 N–H and O–H groups in total. The van der Waals surface area contributed by atoms with E-state index in [2.05, 4.69) is 31.1 Å². The van der Waals surface area contributed by atoms with Crippen molar-refractivity contribution in [3.05, 3.63) is 0 Å². The molecule has 2 saturated heterocycles. The molecule has 0 aromatic carbocycles. The molecule has 0 spiro atoms. The van der Waals surface area contributed by atoms with E-state index in [0.717, 1.165) is 50.0 Å². The summed E-state index contributed by atoms with van der Waals surface area (Å²) < 4.78 is 0. The van der Waals surface area contributed by atoms with Crippen LogP contribution in [0.1, 0.15) is 25.7 Å². The first-order valence-electron chi connectivity index (χ1n) is 7.22. The minimum absolute atomic E-state index is 0.768. The van der Waals surface area contributed by atoms with Gasteiger partial charge in [-0.15, -0.1) is 0 Å². The fourth-order valence-electron chi connectivity index (χ4n) is 2.31. The molecule has 2 rings (SSSR count). The van der Waals surface area contributed by atoms with E-state index in [1.54, 1.807) is 0 Å². The molecule has 0 atom stereocenters. The van der Waals surface area contributed by atoms with Gasteiger partial charge in [-0.2, -0.15) is 0 Å². The molecule has 0 aromatic rings. The lowest BCUT2D eigenvalue weighted by atomic mass is 10.2. The second kappa shape index (κ2) is 8.56. The largest absolute Gasteiger partial charge is 0.350 e. The fourth-order valence-corrected chi connectivity index (χ4v) is 2.57. The third-order valence-electron chi connectivity index (χ3n) is 3.55. The number of nitrogens with zero attached hydrogens (tertiary/aromatic N) is 2. The number of unbranched alkanes of at least 4 members (excludes halogenated alkanes) is 3. The summed E-state index contributed by atoms with van der Waals surface area (Å²) in [6, 6.07) is 0. The molecule has 114 valence electrons. The Morgan fingerprint density at radius 1 is 0.650 bits per heavy atom. The number of hydrogen-bond acceptors (Lipinski definition) is 4. The molecule has 0 saturated carbocycles. The van der Waals surface area contributed by atoms with E-state index in [1.165, 1.54) is 25.7 Å². The minimum atomic E-state index is 0.768. The van der Waals surface area contributed by atoms with Crippen molar-refractivity contribution >= 4 is 34.7 Å². The third-order valence-corrected chi connectivity index (χ3v) is 4.13. The highest BCUT2D eigenvalue weighted by Gasteiger charge is 2.12. The number of thiocarbonyl (C=S) groups is 2. The first-order valence-corrected chi connectivity index (χ1v) is 8.04. The maximum absolute atomic E-state index is 5.03. The van der Waals surface area contributed by atoms with Crippen LogP contribution in [0.2, 0.25) is 0 Å². The lowest BCUT2D eigenvalue weighted by Gasteiger charge is -2.30. The number of rotatable bonds is 7. The highest BCUT2D eigenvalue weighted by molar-refractivity contribution is 7.80. The standard InChI is InChI=1S/C12H24N6S2/c19-11-13-7-17(8-14-11)5-3-1-2-4-6-18-9-15-12(20)16-10-18/h1-10H2,(H2,13,14,19)(H2,15,16,20). The molecular weight excluding hydrogens is 292 g/mol. The van der Waals surface area contributed by atoms with Gasteiger partial charge in [-0.1, -0.05) is 12.8 Å². The summed E-state index contributed by atoms with van der Waals surface area (Å²) in [6.45, 7) is 5.74. The van der Waals surface area contributed by atoms with Crippen LogP contribution in [-0.2, 0) is 0 Å². The van der Waals surface area contributed by atoms with Crippen LogP contribution in [0, 0.1) is 0 Å². The maximum Gasteiger partial charge on any atom is 0.168 e. The molecule has 2 aliphatic heterocycles. The second-order valence-corrected chi connectivity index (χ2v) is 6.02. The molecule has 2 heterocycles. The SMILES string of the molecule is S=C1NCN(CCCCCCN2CNC(=S)NC2)CN1. The van der Waals surface area contributed by atoms with Crippen molar-refractivity contribution < 1.29 is 0 Å². The lowest BCUT2D eigenvalue weighted by Crippen LogP contribution is -2.54. The van der Waals surface area contributed by atoms with E-state index in [-0.39, 0.29) is 0 Å². The van der Waals surface area contributed by atoms with Crippen LogP contribution in [0.5, 0.6) is 0 Å². The van der Waals surface area contributed by atoms with Crippen LogP contribution in [0.4, 0.5) is 0 Å². The summed E-state index contributed by atoms with van der Waals surface area (Å²) in [5, 5.41) is 14.1. The molecule has 0 unspecified atom stereocenters. The van der Waals surface area contributed by atoms with Crippen LogP contribution in [0.15, 0.2) is 0 Å². The molecule has 2 aliphatic rings. The Labute approximate surface area is 131 Å². The summed E-state index contributed by atoms with van der Waals surface area (Å²) in [6.07, 6.45) is 5.07. The highest BCUT2D eigenvalue weighted by atomic mass is 32.1. The Balaban J connectivity index is 1.42. The van der Waals surface area contributed by atoms with E-state index in [9.17, 15) is 0 Å². The monoisotopic (exact) mass is 316 g/mol. The summed E-state index contributed by atoms with van der Waals surface area (Å²) >= 11 is 10.1. The second-order valence-electron chi connectivity index (χ2n) is 5.20. The predicted molar refractivity (Wildman–Crippen MR) is 89.1 cm³/mol. The normalized spacial score (nSPS) is 20.8. The summed E-state index contributed by atoms with van der Waals surface area (Å²) in [7, 11) is 0. The van der Waals surface area contributed by atoms with Gasteiger partial charge >= 0.3 is 0 Å². The van der Waals surface area contributed by atoms with Crippen molar-refractivity contribution in [2.45, 2.75) is 25.7 Å². The van der Waals surface area contributed by atoms with E-state index >= 15 is 0 Å². The third kappa shape index (κ3) is 5.74. The van der Waals surface area contributed by atoms with Crippen LogP contribution in [-0.4, -0.2) is 59.8 Å². The first-order chi connectivity index (χ1) is 9.74. The maximum atomic E-state index is 5.03. The van der Waals surface area contributed by atoms with Gasteiger partial charge in [-0.3, -0.25) is 9.80 Å². The Bertz CT molecular complexity index is 286. The molecule has 2 fully saturated rings. The van der Waals surface area contributed by atoms with E-state index in [0.29, 0.717) is 0 Å². The van der Waals surface area contributed by atoms with Gasteiger partial charge < -0.3 is 21.3 Å². The van der Waals surface area contributed by atoms with E-state index in [4.69, 9.17) is 24.4 Å². The van der Waals surface area contributed by atoms with Crippen LogP contribution < -0.4 is 21.3 Å². The summed E-state index contributed by atoms with van der Waals surface area (Å²) in [5.74, 6) is 0. The average Bonchev–Trinajstić information content (AvgIpc) is 2.46. The minimum Gasteiger partial charge on any atom is -0.350 e. The number of nitrogens with one attached hydrogen (secondary N) is 4. The smallest absolute Gasteiger partial charge is 0.168 e. The van der Waals surface area contributed by atoms with Crippen LogP contribution in [0.3, 0.4) is 0 Å². The van der Waals surface area contributed by atoms with Crippen molar-refractivity contribution in [1.29, 1.82) is 0 Å². The van der Waals surface area contributed by atoms with E-state index in [1.807, 2.05) is 0 Å². The molecule has 8 heteroatoms. The van der Waals surface area contributed by atoms with Crippen LogP contribution >= 0.6 is 24.4 Å². The van der Waals surface area contributed by atoms with Gasteiger partial charge in [0.25, 0.3) is 0 Å². The Morgan fingerprint density at radius 3 is 1.35 bits per heavy atom. The van der Waals surface area contributed by atoms with Gasteiger partial charge in [0, 0.05) is 13.1 Å². The van der Waals surface area contributed by atoms with Crippen molar-refractivity contribution in [2.24, 2.45) is 0 Å². The average molecular weight is 316 g/mol. The van der Waals surface area contributed by atoms with Gasteiger partial charge in [0.2, 0.25) is 0 Å². The van der Waals surface area contributed by atoms with Gasteiger partial charge in [0.05, 0.1) is 26.7 Å². The predicted octanol–water partition coefficient (Wildman–Crippen LogP) is -0.0638. The molecule has 0 amide bonds. The fraction of sp³-hybridized carbons (Fsp3) is 0.833. The van der Waals surface area contributed by atoms with Crippen molar-refractivity contribution in [1.82, 2.24) is 31.1 Å². The summed E-state index contributed by atoms with van der Waals surface area (Å²) in [5.41, 5.74) is 0. The molecule has 6 nitrogen and oxygen atoms in total. The van der Waals surface area contributed by atoms with E-state index < -0.39 is 0 Å². The quantitative estimate of drug-likeness (QED) is 0.385. The zero-order valence-corrected chi connectivity index (χ0v) is 13.4. The van der Waals surface area contributed by atoms with Gasteiger partial charge in [0.15, 0.2) is 10.2 Å². The topological polar surface area (TPSA) is 54.6 Å². The van der Waals surface area contributed by atoms with Crippen molar-refractivity contribution in [3.63, 3.8) is 0 Å². The van der Waals surface area contributed by atoms with Crippen molar-refractivity contribution in [3.8, 4) is 0 Å². The molecule has 20 heavy (non-hydrogen) atoms. The summed E-state index contributed by atoms with van der Waals surface area (Å²) in [4.78, 5) is 4.68. The van der Waals surface area contributed by atoms with Crippen molar-refractivity contribution in [2.75, 3.05) is 39.8 Å². The first kappa shape index (κ1) is 15.7. The lowest BCUT2D eigenvalue weighted by molar-refractivity contribution is 0.229. The van der Waals surface area contributed by atoms with Gasteiger partial charge in [0.1, 0.15) is 0 Å². The Morgan fingerprint density at radius 2 is 1.00 bits per heavy atom. The van der Waals surface area contributed by atoms with Gasteiger partial charge in [-0.25, -0.2) is 0 Å². The zero-order valence-electron chi connectivity index (χ0n) is 11.8. The Hall–Kier alpha value is -0.700. The Kier molecular flexibility index (Phi) is 6.71. The molecule has 0 aromatic heterocycles. The number of hydrogen-bond donors (Lipinski definition) is 4. The van der Waals surface area contributed by atoms with Gasteiger partial charge in [-0.05, 0) is 37.3 Å². The van der Waals surface area contributed by atoms with Crippen LogP contribution in [0.25, 0.3) is 0 Å². The molecule has 0 bridgehead atoms. The highest BCUT2D eigenvalue weighted by Crippen LogP contribution is 2.04. The molecule has 0 aliphatic carbocycles. The molecule has 0 radical (unpaired) electrons. The zero-order chi connectivity index (χ0) is 14.2.